The molecule has 0 unspecified atom stereocenters. The number of rotatable bonds is 7. The number of nitrogens with two attached hydrogens (primary N) is 1. The molecule has 1 saturated heterocycles. The van der Waals surface area contributed by atoms with Gasteiger partial charge in [-0.3, -0.25) is 9.59 Å². The molecule has 0 aromatic heterocycles. The molecule has 1 aliphatic heterocycles. The number of carbonyl (C=O) groups is 3. The normalized spacial score (nSPS) is 30.0. The molecule has 0 radical (unpaired) electrons. The van der Waals surface area contributed by atoms with Crippen LogP contribution >= 0.6 is 0 Å². The summed E-state index contributed by atoms with van der Waals surface area (Å²) < 4.78 is 5.08. The van der Waals surface area contributed by atoms with Crippen LogP contribution in [0.5, 0.6) is 0 Å². The first-order valence-electron chi connectivity index (χ1n) is 7.80. The van der Waals surface area contributed by atoms with Crippen molar-refractivity contribution in [3.8, 4) is 0 Å². The first kappa shape index (κ1) is 21.3. The maximum Gasteiger partial charge on any atom is 0.332 e. The second-order valence-corrected chi connectivity index (χ2v) is 6.05. The minimum atomic E-state index is -1.50. The van der Waals surface area contributed by atoms with Gasteiger partial charge in [-0.1, -0.05) is 0 Å². The zero-order chi connectivity index (χ0) is 19.3. The van der Waals surface area contributed by atoms with E-state index in [2.05, 4.69) is 10.6 Å². The lowest BCUT2D eigenvalue weighted by atomic mass is 9.94. The summed E-state index contributed by atoms with van der Waals surface area (Å²) in [5.41, 5.74) is 5.37. The van der Waals surface area contributed by atoms with Gasteiger partial charge in [-0.05, 0) is 13.8 Å². The van der Waals surface area contributed by atoms with Gasteiger partial charge >= 0.3 is 5.97 Å². The lowest BCUT2D eigenvalue weighted by Gasteiger charge is -2.37. The number of carboxylic acid groups (broad SMARTS) is 1. The van der Waals surface area contributed by atoms with E-state index in [1.165, 1.54) is 13.8 Å². The fraction of sp³-hybridized carbons (Fsp3) is 0.786. The van der Waals surface area contributed by atoms with Crippen LogP contribution in [0.3, 0.4) is 0 Å². The zero-order valence-electron chi connectivity index (χ0n) is 14.0. The Hall–Kier alpha value is -1.79. The van der Waals surface area contributed by atoms with Gasteiger partial charge in [0.2, 0.25) is 11.8 Å². The van der Waals surface area contributed by atoms with Gasteiger partial charge in [0.05, 0.1) is 12.1 Å². The number of aliphatic hydroxyl groups is 3. The molecular weight excluding hydrogens is 338 g/mol. The van der Waals surface area contributed by atoms with E-state index in [9.17, 15) is 29.7 Å². The van der Waals surface area contributed by atoms with Gasteiger partial charge in [-0.15, -0.1) is 0 Å². The van der Waals surface area contributed by atoms with Gasteiger partial charge in [-0.25, -0.2) is 4.79 Å². The maximum atomic E-state index is 11.9. The highest BCUT2D eigenvalue weighted by molar-refractivity contribution is 5.89. The van der Waals surface area contributed by atoms with Crippen LogP contribution in [0.4, 0.5) is 0 Å². The summed E-state index contributed by atoms with van der Waals surface area (Å²) in [6, 6.07) is -1.71. The molecular formula is C14H25N3O8. The summed E-state index contributed by atoms with van der Waals surface area (Å²) in [5, 5.41) is 43.2. The highest BCUT2D eigenvalue weighted by Gasteiger charge is 2.43. The van der Waals surface area contributed by atoms with Gasteiger partial charge in [0, 0.05) is 13.0 Å². The molecule has 0 saturated carbocycles. The second kappa shape index (κ2) is 9.06. The first-order valence-corrected chi connectivity index (χ1v) is 7.80. The largest absolute Gasteiger partial charge is 0.479 e. The van der Waals surface area contributed by atoms with Gasteiger partial charge in [0.15, 0.2) is 6.10 Å². The van der Waals surface area contributed by atoms with E-state index < -0.39 is 60.4 Å². The van der Waals surface area contributed by atoms with Gasteiger partial charge in [0.1, 0.15) is 24.4 Å². The summed E-state index contributed by atoms with van der Waals surface area (Å²) >= 11 is 0. The van der Waals surface area contributed by atoms with E-state index in [1.54, 1.807) is 0 Å². The van der Waals surface area contributed by atoms with E-state index in [-0.39, 0.29) is 13.0 Å². The molecule has 0 aromatic carbocycles. The van der Waals surface area contributed by atoms with Crippen molar-refractivity contribution in [2.45, 2.75) is 62.9 Å². The number of hydrogen-bond acceptors (Lipinski definition) is 8. The number of ether oxygens (including phenoxy) is 1. The molecule has 1 rings (SSSR count). The molecule has 11 nitrogen and oxygen atoms in total. The summed E-state index contributed by atoms with van der Waals surface area (Å²) in [6.45, 7) is 2.49. The highest BCUT2D eigenvalue weighted by Crippen LogP contribution is 2.22. The number of carboxylic acids is 1. The fourth-order valence-electron chi connectivity index (χ4n) is 2.27. The number of amides is 2. The standard InChI is InChI=1S/C14H25N3O8/c1-5(15)12(21)17-6(2)13(22)16-4-8(19)11-10(20)7(18)3-9(25-11)14(23)24/h5-11,18-20H,3-4,15H2,1-2H3,(H,16,22)(H,17,21)(H,23,24)/t5-,6-,7+,8+,9-,10+,11+/m0/s1. The molecule has 1 fully saturated rings. The Morgan fingerprint density at radius 2 is 1.84 bits per heavy atom. The van der Waals surface area contributed by atoms with Crippen LogP contribution < -0.4 is 16.4 Å². The third-order valence-corrected chi connectivity index (χ3v) is 3.81. The molecule has 1 heterocycles. The molecule has 25 heavy (non-hydrogen) atoms. The monoisotopic (exact) mass is 363 g/mol. The number of aliphatic carboxylic acids is 1. The SMILES string of the molecule is C[C@H](N)C(=O)N[C@@H](C)C(=O)NC[C@@H](O)[C@H]1O[C@H](C(=O)O)C[C@@H](O)[C@H]1O. The molecule has 7 atom stereocenters. The molecule has 0 aromatic rings. The summed E-state index contributed by atoms with van der Waals surface area (Å²) in [5.74, 6) is -2.48. The molecule has 11 heteroatoms. The third-order valence-electron chi connectivity index (χ3n) is 3.81. The van der Waals surface area contributed by atoms with Crippen molar-refractivity contribution in [3.63, 3.8) is 0 Å². The third kappa shape index (κ3) is 5.90. The molecule has 144 valence electrons. The van der Waals surface area contributed by atoms with Crippen molar-refractivity contribution in [2.24, 2.45) is 5.73 Å². The molecule has 2 amide bonds. The Morgan fingerprint density at radius 1 is 1.24 bits per heavy atom. The molecule has 0 spiro atoms. The lowest BCUT2D eigenvalue weighted by Crippen LogP contribution is -2.58. The van der Waals surface area contributed by atoms with Crippen LogP contribution in [0.15, 0.2) is 0 Å². The second-order valence-electron chi connectivity index (χ2n) is 6.05. The maximum absolute atomic E-state index is 11.9. The lowest BCUT2D eigenvalue weighted by molar-refractivity contribution is -0.208. The smallest absolute Gasteiger partial charge is 0.332 e. The summed E-state index contributed by atoms with van der Waals surface area (Å²) in [7, 11) is 0. The van der Waals surface area contributed by atoms with Crippen molar-refractivity contribution in [1.29, 1.82) is 0 Å². The van der Waals surface area contributed by atoms with E-state index in [0.29, 0.717) is 0 Å². The molecule has 0 bridgehead atoms. The number of carbonyl (C=O) groups excluding carboxylic acids is 2. The molecule has 0 aliphatic carbocycles. The predicted octanol–water partition coefficient (Wildman–Crippen LogP) is -3.72. The molecule has 8 N–H and O–H groups in total. The minimum absolute atomic E-state index is 0.313. The summed E-state index contributed by atoms with van der Waals surface area (Å²) in [4.78, 5) is 34.3. The van der Waals surface area contributed by atoms with E-state index >= 15 is 0 Å². The van der Waals surface area contributed by atoms with Crippen molar-refractivity contribution < 1.29 is 39.5 Å². The Balaban J connectivity index is 2.56. The minimum Gasteiger partial charge on any atom is -0.479 e. The van der Waals surface area contributed by atoms with Crippen molar-refractivity contribution >= 4 is 17.8 Å². The van der Waals surface area contributed by atoms with Crippen molar-refractivity contribution in [2.75, 3.05) is 6.54 Å². The average molecular weight is 363 g/mol. The Labute approximate surface area is 144 Å². The Kier molecular flexibility index (Phi) is 7.70. The van der Waals surface area contributed by atoms with E-state index in [0.717, 1.165) is 0 Å². The van der Waals surface area contributed by atoms with Gasteiger partial charge < -0.3 is 41.5 Å². The Morgan fingerprint density at radius 3 is 2.36 bits per heavy atom. The first-order chi connectivity index (χ1) is 11.5. The van der Waals surface area contributed by atoms with Crippen LogP contribution in [-0.4, -0.2) is 87.4 Å². The number of nitrogens with one attached hydrogen (secondary N) is 2. The predicted molar refractivity (Wildman–Crippen MR) is 83.2 cm³/mol. The van der Waals surface area contributed by atoms with E-state index in [4.69, 9.17) is 15.6 Å². The van der Waals surface area contributed by atoms with Crippen molar-refractivity contribution in [3.05, 3.63) is 0 Å². The van der Waals surface area contributed by atoms with Crippen LogP contribution in [0.2, 0.25) is 0 Å². The number of aliphatic hydroxyl groups excluding tert-OH is 3. The highest BCUT2D eigenvalue weighted by atomic mass is 16.5. The van der Waals surface area contributed by atoms with Crippen LogP contribution in [0.1, 0.15) is 20.3 Å². The summed E-state index contributed by atoms with van der Waals surface area (Å²) in [6.07, 6.45) is -7.43. The Bertz CT molecular complexity index is 500. The van der Waals surface area contributed by atoms with Gasteiger partial charge in [0.25, 0.3) is 0 Å². The van der Waals surface area contributed by atoms with E-state index in [1.807, 2.05) is 0 Å². The van der Waals surface area contributed by atoms with Gasteiger partial charge in [-0.2, -0.15) is 0 Å². The van der Waals surface area contributed by atoms with Crippen LogP contribution in [-0.2, 0) is 19.1 Å². The quantitative estimate of drug-likeness (QED) is 0.238. The topological polar surface area (TPSA) is 191 Å². The zero-order valence-corrected chi connectivity index (χ0v) is 14.0. The average Bonchev–Trinajstić information content (AvgIpc) is 2.53. The number of hydrogen-bond donors (Lipinski definition) is 7. The fourth-order valence-corrected chi connectivity index (χ4v) is 2.27. The van der Waals surface area contributed by atoms with Crippen molar-refractivity contribution in [1.82, 2.24) is 10.6 Å². The van der Waals surface area contributed by atoms with Crippen LogP contribution in [0.25, 0.3) is 0 Å². The molecule has 1 aliphatic rings. The van der Waals surface area contributed by atoms with Crippen LogP contribution in [0, 0.1) is 0 Å².